The van der Waals surface area contributed by atoms with Crippen molar-refractivity contribution in [2.24, 2.45) is 0 Å². The monoisotopic (exact) mass is 446 g/mol. The zero-order valence-corrected chi connectivity index (χ0v) is 18.3. The van der Waals surface area contributed by atoms with Crippen LogP contribution in [0.5, 0.6) is 11.5 Å². The maximum absolute atomic E-state index is 12.8. The van der Waals surface area contributed by atoms with Crippen LogP contribution in [0, 0.1) is 13.8 Å². The lowest BCUT2D eigenvalue weighted by Crippen LogP contribution is -2.16. The number of Topliss-reactive ketones (excluding diaryl/α,β-unsaturated/α-hetero) is 1. The number of carbonyl (C=O) groups excluding carboxylic acids is 3. The van der Waals surface area contributed by atoms with Crippen LogP contribution in [0.1, 0.15) is 53.6 Å². The number of nitrogens with zero attached hydrogens (tertiary/aromatic N) is 1. The van der Waals surface area contributed by atoms with Crippen molar-refractivity contribution in [3.8, 4) is 11.5 Å². The van der Waals surface area contributed by atoms with Crippen LogP contribution in [0.15, 0.2) is 42.5 Å². The molecule has 0 saturated carbocycles. The number of ketones is 1. The van der Waals surface area contributed by atoms with E-state index < -0.39 is 5.97 Å². The predicted molar refractivity (Wildman–Crippen MR) is 118 cm³/mol. The molecule has 0 radical (unpaired) electrons. The molecule has 168 valence electrons. The summed E-state index contributed by atoms with van der Waals surface area (Å²) >= 11 is 0. The van der Waals surface area contributed by atoms with Crippen molar-refractivity contribution in [2.75, 3.05) is 13.4 Å². The highest BCUT2D eigenvalue weighted by Gasteiger charge is 2.22. The summed E-state index contributed by atoms with van der Waals surface area (Å²) in [4.78, 5) is 37.1. The average molecular weight is 446 g/mol. The molecule has 0 fully saturated rings. The van der Waals surface area contributed by atoms with Gasteiger partial charge in [0.05, 0.1) is 5.56 Å². The van der Waals surface area contributed by atoms with E-state index in [0.717, 1.165) is 28.3 Å². The van der Waals surface area contributed by atoms with Crippen molar-refractivity contribution in [3.63, 3.8) is 0 Å². The van der Waals surface area contributed by atoms with Crippen LogP contribution >= 0.6 is 0 Å². The minimum atomic E-state index is -0.639. The molecule has 0 unspecified atom stereocenters. The predicted octanol–water partition coefficient (Wildman–Crippen LogP) is 3.17. The summed E-state index contributed by atoms with van der Waals surface area (Å²) in [5, 5.41) is 2.71. The quantitative estimate of drug-likeness (QED) is 0.462. The molecule has 0 spiro atoms. The van der Waals surface area contributed by atoms with Crippen LogP contribution in [0.3, 0.4) is 0 Å². The van der Waals surface area contributed by atoms with Crippen molar-refractivity contribution >= 4 is 17.7 Å². The molecule has 1 amide bonds. The van der Waals surface area contributed by atoms with E-state index in [1.165, 1.54) is 6.07 Å². The van der Waals surface area contributed by atoms with E-state index in [0.29, 0.717) is 30.0 Å². The van der Waals surface area contributed by atoms with Gasteiger partial charge in [0.2, 0.25) is 12.6 Å². The Kier molecular flexibility index (Phi) is 5.12. The number of carbonyl (C=O) groups is 3. The van der Waals surface area contributed by atoms with E-state index in [-0.39, 0.29) is 30.7 Å². The average Bonchev–Trinajstić information content (AvgIpc) is 3.51. The molecule has 5 rings (SSSR count). The van der Waals surface area contributed by atoms with Gasteiger partial charge in [0, 0.05) is 35.6 Å². The first-order valence-corrected chi connectivity index (χ1v) is 10.6. The van der Waals surface area contributed by atoms with E-state index in [1.807, 2.05) is 36.6 Å². The van der Waals surface area contributed by atoms with E-state index >= 15 is 0 Å². The highest BCUT2D eigenvalue weighted by molar-refractivity contribution is 6.02. The van der Waals surface area contributed by atoms with Gasteiger partial charge in [0.1, 0.15) is 0 Å². The van der Waals surface area contributed by atoms with Crippen LogP contribution in [-0.4, -0.2) is 35.6 Å². The summed E-state index contributed by atoms with van der Waals surface area (Å²) in [5.74, 6) is 0.293. The zero-order chi connectivity index (χ0) is 23.1. The third-order valence-electron chi connectivity index (χ3n) is 6.02. The summed E-state index contributed by atoms with van der Waals surface area (Å²) in [5.41, 5.74) is 4.78. The lowest BCUT2D eigenvalue weighted by Gasteiger charge is -2.11. The highest BCUT2D eigenvalue weighted by Crippen LogP contribution is 2.33. The summed E-state index contributed by atoms with van der Waals surface area (Å²) in [6.45, 7) is 4.65. The summed E-state index contributed by atoms with van der Waals surface area (Å²) < 4.78 is 18.1. The first-order chi connectivity index (χ1) is 15.9. The van der Waals surface area contributed by atoms with Gasteiger partial charge in [0.15, 0.2) is 18.1 Å². The first-order valence-electron chi connectivity index (χ1n) is 10.6. The summed E-state index contributed by atoms with van der Waals surface area (Å²) in [7, 11) is 0. The van der Waals surface area contributed by atoms with Crippen molar-refractivity contribution in [1.82, 2.24) is 9.88 Å². The molecule has 2 aromatic carbocycles. The molecule has 0 aliphatic carbocycles. The van der Waals surface area contributed by atoms with Gasteiger partial charge in [0.25, 0.3) is 5.91 Å². The molecule has 8 heteroatoms. The Labute approximate surface area is 190 Å². The number of aryl methyl sites for hydroxylation is 1. The molecule has 0 atom stereocenters. The molecule has 33 heavy (non-hydrogen) atoms. The lowest BCUT2D eigenvalue weighted by atomic mass is 10.1. The largest absolute Gasteiger partial charge is 0.454 e. The first kappa shape index (κ1) is 20.8. The Bertz CT molecular complexity index is 1310. The van der Waals surface area contributed by atoms with Crippen LogP contribution < -0.4 is 14.8 Å². The van der Waals surface area contributed by atoms with Gasteiger partial charge >= 0.3 is 5.97 Å². The number of aromatic nitrogens is 1. The molecule has 0 bridgehead atoms. The number of esters is 1. The van der Waals surface area contributed by atoms with E-state index in [9.17, 15) is 14.4 Å². The van der Waals surface area contributed by atoms with E-state index in [2.05, 4.69) is 5.32 Å². The minimum Gasteiger partial charge on any atom is -0.454 e. The molecular formula is C25H22N2O6. The number of hydrogen-bond donors (Lipinski definition) is 1. The number of amides is 1. The molecule has 2 aliphatic heterocycles. The van der Waals surface area contributed by atoms with E-state index in [4.69, 9.17) is 14.2 Å². The number of nitrogens with one attached hydrogen (secondary N) is 1. The smallest absolute Gasteiger partial charge is 0.338 e. The fourth-order valence-corrected chi connectivity index (χ4v) is 4.18. The molecule has 0 saturated heterocycles. The Balaban J connectivity index is 1.27. The second-order valence-electron chi connectivity index (χ2n) is 8.11. The molecule has 2 aliphatic rings. The van der Waals surface area contributed by atoms with Crippen molar-refractivity contribution < 1.29 is 28.6 Å². The number of ether oxygens (including phenoxy) is 3. The van der Waals surface area contributed by atoms with Crippen molar-refractivity contribution in [1.29, 1.82) is 0 Å². The molecular weight excluding hydrogens is 424 g/mol. The van der Waals surface area contributed by atoms with Gasteiger partial charge in [-0.2, -0.15) is 0 Å². The standard InChI is InChI=1S/C25H22N2O6/c1-14-7-19(15(2)27(14)11-16-3-6-22-23(8-16)33-13-32-22)21(28)12-31-25(30)17-4-5-18-10-26-24(29)20(18)9-17/h3-9H,10-13H2,1-2H3,(H,26,29). The third-order valence-corrected chi connectivity index (χ3v) is 6.02. The Hall–Kier alpha value is -4.07. The number of fused-ring (bicyclic) bond motifs is 2. The Morgan fingerprint density at radius 2 is 1.88 bits per heavy atom. The summed E-state index contributed by atoms with van der Waals surface area (Å²) in [6.07, 6.45) is 0. The molecule has 1 N–H and O–H groups in total. The topological polar surface area (TPSA) is 95.9 Å². The maximum Gasteiger partial charge on any atom is 0.338 e. The fourth-order valence-electron chi connectivity index (χ4n) is 4.18. The molecule has 3 aromatic rings. The lowest BCUT2D eigenvalue weighted by molar-refractivity contribution is 0.0474. The number of rotatable bonds is 6. The third kappa shape index (κ3) is 3.84. The zero-order valence-electron chi connectivity index (χ0n) is 18.3. The molecule has 3 heterocycles. The van der Waals surface area contributed by atoms with Crippen LogP contribution in [0.4, 0.5) is 0 Å². The van der Waals surface area contributed by atoms with Crippen LogP contribution in [0.25, 0.3) is 0 Å². The minimum absolute atomic E-state index is 0.217. The molecule has 1 aromatic heterocycles. The fraction of sp³-hybridized carbons (Fsp3) is 0.240. The van der Waals surface area contributed by atoms with Crippen molar-refractivity contribution in [3.05, 3.63) is 81.7 Å². The second kappa shape index (κ2) is 8.12. The van der Waals surface area contributed by atoms with E-state index in [1.54, 1.807) is 18.2 Å². The Morgan fingerprint density at radius 3 is 2.73 bits per heavy atom. The number of benzene rings is 2. The van der Waals surface area contributed by atoms with Gasteiger partial charge < -0.3 is 24.1 Å². The van der Waals surface area contributed by atoms with Gasteiger partial charge in [-0.15, -0.1) is 0 Å². The van der Waals surface area contributed by atoms with Crippen LogP contribution in [-0.2, 0) is 17.8 Å². The van der Waals surface area contributed by atoms with Gasteiger partial charge in [-0.25, -0.2) is 4.79 Å². The van der Waals surface area contributed by atoms with Gasteiger partial charge in [-0.1, -0.05) is 12.1 Å². The molecule has 8 nitrogen and oxygen atoms in total. The number of hydrogen-bond acceptors (Lipinski definition) is 6. The Morgan fingerprint density at radius 1 is 1.06 bits per heavy atom. The van der Waals surface area contributed by atoms with Crippen LogP contribution in [0.2, 0.25) is 0 Å². The second-order valence-corrected chi connectivity index (χ2v) is 8.11. The van der Waals surface area contributed by atoms with Gasteiger partial charge in [-0.05, 0) is 55.3 Å². The SMILES string of the molecule is Cc1cc(C(=O)COC(=O)c2ccc3c(c2)C(=O)NC3)c(C)n1Cc1ccc2c(c1)OCO2. The maximum atomic E-state index is 12.8. The van der Waals surface area contributed by atoms with Gasteiger partial charge in [-0.3, -0.25) is 9.59 Å². The van der Waals surface area contributed by atoms with Crippen molar-refractivity contribution in [2.45, 2.75) is 26.9 Å². The highest BCUT2D eigenvalue weighted by atomic mass is 16.7. The summed E-state index contributed by atoms with van der Waals surface area (Å²) in [6, 6.07) is 12.4. The normalized spacial score (nSPS) is 13.6.